The lowest BCUT2D eigenvalue weighted by atomic mass is 10.2. The number of benzene rings is 2. The van der Waals surface area contributed by atoms with Gasteiger partial charge < -0.3 is 9.88 Å². The van der Waals surface area contributed by atoms with Gasteiger partial charge in [0, 0.05) is 31.2 Å². The van der Waals surface area contributed by atoms with E-state index in [0.717, 1.165) is 13.0 Å². The van der Waals surface area contributed by atoms with Crippen molar-refractivity contribution in [3.05, 3.63) is 71.1 Å². The molecule has 0 bridgehead atoms. The Morgan fingerprint density at radius 2 is 1.82 bits per heavy atom. The third kappa shape index (κ3) is 3.78. The maximum atomic E-state index is 12.4. The first kappa shape index (κ1) is 17.9. The number of fused-ring (bicyclic) bond motifs is 2. The molecule has 0 unspecified atom stereocenters. The molecule has 0 fully saturated rings. The van der Waals surface area contributed by atoms with Crippen molar-refractivity contribution in [2.45, 2.75) is 25.9 Å². The van der Waals surface area contributed by atoms with E-state index in [1.54, 1.807) is 18.2 Å². The summed E-state index contributed by atoms with van der Waals surface area (Å²) in [4.78, 5) is 24.4. The van der Waals surface area contributed by atoms with Crippen LogP contribution >= 0.6 is 0 Å². The third-order valence-corrected chi connectivity index (χ3v) is 4.76. The summed E-state index contributed by atoms with van der Waals surface area (Å²) in [7, 11) is 0. The van der Waals surface area contributed by atoms with E-state index in [-0.39, 0.29) is 24.4 Å². The number of amides is 1. The number of aryl methyl sites for hydroxylation is 2. The molecule has 0 aliphatic heterocycles. The van der Waals surface area contributed by atoms with Crippen LogP contribution in [-0.4, -0.2) is 32.0 Å². The lowest BCUT2D eigenvalue weighted by molar-refractivity contribution is -0.121. The molecule has 7 nitrogen and oxygen atoms in total. The molecular formula is C21H21N5O2. The summed E-state index contributed by atoms with van der Waals surface area (Å²) in [5.74, 6) is -0.0979. The minimum absolute atomic E-state index is 0.0979. The summed E-state index contributed by atoms with van der Waals surface area (Å²) < 4.78 is 3.43. The van der Waals surface area contributed by atoms with Gasteiger partial charge in [0.15, 0.2) is 0 Å². The van der Waals surface area contributed by atoms with Gasteiger partial charge in [-0.2, -0.15) is 0 Å². The molecule has 0 atom stereocenters. The van der Waals surface area contributed by atoms with E-state index in [4.69, 9.17) is 0 Å². The second kappa shape index (κ2) is 8.04. The monoisotopic (exact) mass is 375 g/mol. The van der Waals surface area contributed by atoms with Gasteiger partial charge >= 0.3 is 0 Å². The fourth-order valence-corrected chi connectivity index (χ4v) is 3.28. The molecule has 1 amide bonds. The van der Waals surface area contributed by atoms with E-state index >= 15 is 0 Å². The summed E-state index contributed by atoms with van der Waals surface area (Å²) in [5.41, 5.74) is 1.53. The topological polar surface area (TPSA) is 81.8 Å². The lowest BCUT2D eigenvalue weighted by Gasteiger charge is -2.08. The van der Waals surface area contributed by atoms with Crippen LogP contribution in [0.15, 0.2) is 65.6 Å². The fourth-order valence-electron chi connectivity index (χ4n) is 3.28. The minimum Gasteiger partial charge on any atom is -0.356 e. The number of aromatic nitrogens is 4. The number of hydrogen-bond donors (Lipinski definition) is 1. The zero-order chi connectivity index (χ0) is 19.3. The van der Waals surface area contributed by atoms with Crippen LogP contribution in [0.2, 0.25) is 0 Å². The van der Waals surface area contributed by atoms with Gasteiger partial charge in [-0.05, 0) is 36.1 Å². The van der Waals surface area contributed by atoms with Gasteiger partial charge in [0.1, 0.15) is 5.52 Å². The Bertz CT molecular complexity index is 1180. The van der Waals surface area contributed by atoms with E-state index in [2.05, 4.69) is 44.6 Å². The Hall–Kier alpha value is -3.48. The molecule has 2 heterocycles. The molecule has 4 rings (SSSR count). The van der Waals surface area contributed by atoms with E-state index in [1.165, 1.54) is 15.6 Å². The summed E-state index contributed by atoms with van der Waals surface area (Å²) in [6, 6.07) is 17.4. The Morgan fingerprint density at radius 3 is 2.75 bits per heavy atom. The van der Waals surface area contributed by atoms with E-state index in [9.17, 15) is 9.59 Å². The summed E-state index contributed by atoms with van der Waals surface area (Å²) >= 11 is 0. The molecule has 142 valence electrons. The van der Waals surface area contributed by atoms with Gasteiger partial charge in [0.2, 0.25) is 5.91 Å². The summed E-state index contributed by atoms with van der Waals surface area (Å²) in [6.07, 6.45) is 3.09. The van der Waals surface area contributed by atoms with Gasteiger partial charge in [0.05, 0.1) is 11.9 Å². The summed E-state index contributed by atoms with van der Waals surface area (Å²) in [6.45, 7) is 1.64. The predicted octanol–water partition coefficient (Wildman–Crippen LogP) is 2.34. The number of carbonyl (C=O) groups is 1. The smallest absolute Gasteiger partial charge is 0.277 e. The average molecular weight is 375 g/mol. The number of nitrogens with one attached hydrogen (secondary N) is 1. The van der Waals surface area contributed by atoms with Gasteiger partial charge in [-0.25, -0.2) is 4.68 Å². The average Bonchev–Trinajstić information content (AvgIpc) is 3.14. The van der Waals surface area contributed by atoms with Crippen molar-refractivity contribution in [3.63, 3.8) is 0 Å². The maximum Gasteiger partial charge on any atom is 0.277 e. The van der Waals surface area contributed by atoms with Crippen LogP contribution in [0, 0.1) is 0 Å². The molecule has 0 radical (unpaired) electrons. The largest absolute Gasteiger partial charge is 0.356 e. The fraction of sp³-hybridized carbons (Fsp3) is 0.238. The molecule has 2 aromatic carbocycles. The number of nitrogens with zero attached hydrogens (tertiary/aromatic N) is 4. The highest BCUT2D eigenvalue weighted by Crippen LogP contribution is 2.15. The number of para-hydroxylation sites is 1. The second-order valence-electron chi connectivity index (χ2n) is 6.66. The normalized spacial score (nSPS) is 11.1. The van der Waals surface area contributed by atoms with Gasteiger partial charge in [-0.1, -0.05) is 35.5 Å². The van der Waals surface area contributed by atoms with E-state index in [1.807, 2.05) is 18.2 Å². The molecule has 4 aromatic rings. The zero-order valence-corrected chi connectivity index (χ0v) is 15.4. The van der Waals surface area contributed by atoms with Crippen molar-refractivity contribution in [2.75, 3.05) is 6.54 Å². The van der Waals surface area contributed by atoms with Crippen LogP contribution in [0.25, 0.3) is 21.8 Å². The Labute approximate surface area is 161 Å². The van der Waals surface area contributed by atoms with Crippen molar-refractivity contribution < 1.29 is 4.79 Å². The molecule has 28 heavy (non-hydrogen) atoms. The first-order chi connectivity index (χ1) is 13.7. The van der Waals surface area contributed by atoms with Crippen molar-refractivity contribution in [3.8, 4) is 0 Å². The quantitative estimate of drug-likeness (QED) is 0.503. The first-order valence-electron chi connectivity index (χ1n) is 9.35. The van der Waals surface area contributed by atoms with E-state index in [0.29, 0.717) is 17.4 Å². The highest BCUT2D eigenvalue weighted by Gasteiger charge is 2.07. The Kier molecular flexibility index (Phi) is 5.14. The highest BCUT2D eigenvalue weighted by molar-refractivity contribution is 5.80. The van der Waals surface area contributed by atoms with Gasteiger partial charge in [-0.3, -0.25) is 9.59 Å². The van der Waals surface area contributed by atoms with E-state index < -0.39 is 0 Å². The molecular weight excluding hydrogens is 354 g/mol. The Balaban J connectivity index is 1.26. The minimum atomic E-state index is -0.224. The second-order valence-corrected chi connectivity index (χ2v) is 6.66. The SMILES string of the molecule is O=C(CCn1nnc2ccccc2c1=O)NCCCn1ccc2ccccc21. The van der Waals surface area contributed by atoms with Crippen molar-refractivity contribution in [1.29, 1.82) is 0 Å². The lowest BCUT2D eigenvalue weighted by Crippen LogP contribution is -2.30. The molecule has 7 heteroatoms. The molecule has 0 saturated carbocycles. The molecule has 0 saturated heterocycles. The molecule has 0 aliphatic carbocycles. The highest BCUT2D eigenvalue weighted by atomic mass is 16.2. The molecule has 0 aliphatic rings. The van der Waals surface area contributed by atoms with Gasteiger partial charge in [-0.15, -0.1) is 5.10 Å². The van der Waals surface area contributed by atoms with Crippen LogP contribution in [0.4, 0.5) is 0 Å². The van der Waals surface area contributed by atoms with Crippen LogP contribution in [0.1, 0.15) is 12.8 Å². The van der Waals surface area contributed by atoms with Gasteiger partial charge in [0.25, 0.3) is 5.56 Å². The van der Waals surface area contributed by atoms with Crippen molar-refractivity contribution in [2.24, 2.45) is 0 Å². The Morgan fingerprint density at radius 1 is 1.00 bits per heavy atom. The van der Waals surface area contributed by atoms with Crippen LogP contribution in [0.5, 0.6) is 0 Å². The van der Waals surface area contributed by atoms with Crippen molar-refractivity contribution >= 4 is 27.7 Å². The summed E-state index contributed by atoms with van der Waals surface area (Å²) in [5, 5.41) is 12.6. The number of carbonyl (C=O) groups excluding carboxylic acids is 1. The van der Waals surface area contributed by atoms with Crippen LogP contribution in [0.3, 0.4) is 0 Å². The first-order valence-corrected chi connectivity index (χ1v) is 9.35. The predicted molar refractivity (Wildman–Crippen MR) is 108 cm³/mol. The third-order valence-electron chi connectivity index (χ3n) is 4.76. The maximum absolute atomic E-state index is 12.4. The molecule has 0 spiro atoms. The van der Waals surface area contributed by atoms with Crippen LogP contribution < -0.4 is 10.9 Å². The number of hydrogen-bond acceptors (Lipinski definition) is 4. The van der Waals surface area contributed by atoms with Crippen molar-refractivity contribution in [1.82, 2.24) is 24.9 Å². The molecule has 1 N–H and O–H groups in total. The molecule has 2 aromatic heterocycles. The standard InChI is InChI=1S/C21H21N5O2/c27-20(11-15-26-21(28)17-7-2-3-8-18(17)23-24-26)22-12-5-13-25-14-10-16-6-1-4-9-19(16)25/h1-4,6-10,14H,5,11-13,15H2,(H,22,27). The van der Waals surface area contributed by atoms with Crippen LogP contribution in [-0.2, 0) is 17.9 Å². The zero-order valence-electron chi connectivity index (χ0n) is 15.4. The number of rotatable bonds is 7.